The van der Waals surface area contributed by atoms with Gasteiger partial charge >= 0.3 is 0 Å². The second-order valence-corrected chi connectivity index (χ2v) is 7.10. The van der Waals surface area contributed by atoms with Crippen LogP contribution in [0.3, 0.4) is 0 Å². The molecule has 0 atom stereocenters. The minimum Gasteiger partial charge on any atom is -0.391 e. The van der Waals surface area contributed by atoms with Gasteiger partial charge in [-0.3, -0.25) is 0 Å². The Bertz CT molecular complexity index is 136. The Hall–Kier alpha value is 0.270. The first-order chi connectivity index (χ1) is 8.35. The topological polar surface area (TPSA) is 40.5 Å². The minimum absolute atomic E-state index is 0.265. The summed E-state index contributed by atoms with van der Waals surface area (Å²) in [7, 11) is 0.265. The first kappa shape index (κ1) is 17.3. The second-order valence-electron chi connectivity index (χ2n) is 4.65. The fourth-order valence-corrected chi connectivity index (χ4v) is 3.75. The molecule has 104 valence electrons. The molecule has 0 aromatic heterocycles. The molecule has 0 heterocycles. The number of aliphatic hydroxyl groups is 2. The van der Waals surface area contributed by atoms with E-state index in [0.717, 1.165) is 11.5 Å². The van der Waals surface area contributed by atoms with Gasteiger partial charge in [0, 0.05) is 0 Å². The molecule has 0 spiro atoms. The molecule has 0 unspecified atom stereocenters. The molecule has 0 aliphatic rings. The summed E-state index contributed by atoms with van der Waals surface area (Å²) in [6.45, 7) is 2.81. The Kier molecular flexibility index (Phi) is 14.6. The van der Waals surface area contributed by atoms with Crippen molar-refractivity contribution in [3.63, 3.8) is 0 Å². The van der Waals surface area contributed by atoms with Crippen molar-refractivity contribution < 1.29 is 10.2 Å². The molecule has 0 rings (SSSR count). The zero-order valence-electron chi connectivity index (χ0n) is 11.5. The van der Waals surface area contributed by atoms with Crippen molar-refractivity contribution in [2.24, 2.45) is 0 Å². The summed E-state index contributed by atoms with van der Waals surface area (Å²) in [6.07, 6.45) is 10.8. The van der Waals surface area contributed by atoms with E-state index in [0.29, 0.717) is 0 Å². The van der Waals surface area contributed by atoms with Crippen molar-refractivity contribution in [1.82, 2.24) is 0 Å². The van der Waals surface area contributed by atoms with Gasteiger partial charge in [0.2, 0.25) is 0 Å². The largest absolute Gasteiger partial charge is 0.391 e. The normalized spacial score (nSPS) is 11.3. The smallest absolute Gasteiger partial charge is 0.131 e. The van der Waals surface area contributed by atoms with E-state index < -0.39 is 0 Å². The lowest BCUT2D eigenvalue weighted by Crippen LogP contribution is -2.20. The average molecular weight is 263 g/mol. The maximum atomic E-state index is 8.91. The highest BCUT2D eigenvalue weighted by Gasteiger charge is 2.15. The van der Waals surface area contributed by atoms with Gasteiger partial charge in [0.05, 0.1) is 13.2 Å². The lowest BCUT2D eigenvalue weighted by Gasteiger charge is -2.06. The van der Waals surface area contributed by atoms with E-state index >= 15 is 0 Å². The van der Waals surface area contributed by atoms with Crippen LogP contribution < -0.4 is 0 Å². The van der Waals surface area contributed by atoms with Crippen LogP contribution in [0.5, 0.6) is 0 Å². The molecule has 0 aliphatic heterocycles. The minimum atomic E-state index is 0.265. The Balaban J connectivity index is 3.23. The standard InChI is InChI=1S/C14H31O2S/c1-2-3-4-5-6-7-8-9-12-17(13-10-15)14-11-16/h15-16H,2-14H2,1H3/q+1. The van der Waals surface area contributed by atoms with Crippen molar-refractivity contribution in [3.05, 3.63) is 0 Å². The molecule has 17 heavy (non-hydrogen) atoms. The molecule has 0 aromatic carbocycles. The summed E-state index contributed by atoms with van der Waals surface area (Å²) in [5, 5.41) is 17.8. The zero-order chi connectivity index (χ0) is 12.8. The Morgan fingerprint density at radius 3 is 1.59 bits per heavy atom. The van der Waals surface area contributed by atoms with Gasteiger partial charge in [-0.15, -0.1) is 0 Å². The van der Waals surface area contributed by atoms with Crippen LogP contribution in [0.15, 0.2) is 0 Å². The molecule has 2 N–H and O–H groups in total. The van der Waals surface area contributed by atoms with Gasteiger partial charge in [-0.1, -0.05) is 45.4 Å². The first-order valence-electron chi connectivity index (χ1n) is 7.21. The Labute approximate surface area is 110 Å². The number of hydrogen-bond acceptors (Lipinski definition) is 2. The third-order valence-corrected chi connectivity index (χ3v) is 5.43. The number of hydrogen-bond donors (Lipinski definition) is 2. The number of aliphatic hydroxyl groups excluding tert-OH is 2. The lowest BCUT2D eigenvalue weighted by molar-refractivity contribution is 0.316. The van der Waals surface area contributed by atoms with Crippen LogP contribution in [0, 0.1) is 0 Å². The third-order valence-electron chi connectivity index (χ3n) is 3.05. The van der Waals surface area contributed by atoms with Gasteiger partial charge in [0.25, 0.3) is 0 Å². The maximum Gasteiger partial charge on any atom is 0.131 e. The first-order valence-corrected chi connectivity index (χ1v) is 8.94. The molecule has 0 radical (unpaired) electrons. The molecular weight excluding hydrogens is 232 g/mol. The van der Waals surface area contributed by atoms with E-state index in [2.05, 4.69) is 6.92 Å². The predicted molar refractivity (Wildman–Crippen MR) is 78.7 cm³/mol. The number of unbranched alkanes of at least 4 members (excludes halogenated alkanes) is 7. The van der Waals surface area contributed by atoms with Crippen LogP contribution >= 0.6 is 0 Å². The van der Waals surface area contributed by atoms with E-state index in [-0.39, 0.29) is 24.1 Å². The van der Waals surface area contributed by atoms with E-state index in [1.165, 1.54) is 57.1 Å². The van der Waals surface area contributed by atoms with Crippen molar-refractivity contribution in [3.8, 4) is 0 Å². The maximum absolute atomic E-state index is 8.91. The molecule has 0 aliphatic carbocycles. The SMILES string of the molecule is CCCCCCCCCC[S+](CCO)CCO. The van der Waals surface area contributed by atoms with Crippen LogP contribution in [0.4, 0.5) is 0 Å². The van der Waals surface area contributed by atoms with Crippen molar-refractivity contribution >= 4 is 10.9 Å². The summed E-state index contributed by atoms with van der Waals surface area (Å²) >= 11 is 0. The highest BCUT2D eigenvalue weighted by Crippen LogP contribution is 2.10. The molecule has 0 saturated carbocycles. The fraction of sp³-hybridized carbons (Fsp3) is 1.00. The van der Waals surface area contributed by atoms with E-state index in [9.17, 15) is 0 Å². The second kappa shape index (κ2) is 14.3. The Morgan fingerprint density at radius 2 is 1.12 bits per heavy atom. The zero-order valence-corrected chi connectivity index (χ0v) is 12.3. The van der Waals surface area contributed by atoms with Crippen LogP contribution in [-0.4, -0.2) is 40.7 Å². The molecule has 2 nitrogen and oxygen atoms in total. The summed E-state index contributed by atoms with van der Waals surface area (Å²) < 4.78 is 0. The molecule has 0 amide bonds. The fourth-order valence-electron chi connectivity index (χ4n) is 2.00. The molecular formula is C14H31O2S+. The van der Waals surface area contributed by atoms with Gasteiger partial charge in [-0.2, -0.15) is 0 Å². The summed E-state index contributed by atoms with van der Waals surface area (Å²) in [6, 6.07) is 0. The van der Waals surface area contributed by atoms with Crippen LogP contribution in [-0.2, 0) is 10.9 Å². The van der Waals surface area contributed by atoms with E-state index in [1.807, 2.05) is 0 Å². The monoisotopic (exact) mass is 263 g/mol. The van der Waals surface area contributed by atoms with E-state index in [1.54, 1.807) is 0 Å². The summed E-state index contributed by atoms with van der Waals surface area (Å²) in [5.41, 5.74) is 0. The summed E-state index contributed by atoms with van der Waals surface area (Å²) in [5.74, 6) is 2.98. The highest BCUT2D eigenvalue weighted by atomic mass is 32.2. The molecule has 0 bridgehead atoms. The van der Waals surface area contributed by atoms with Crippen LogP contribution in [0.25, 0.3) is 0 Å². The Morgan fingerprint density at radius 1 is 0.647 bits per heavy atom. The highest BCUT2D eigenvalue weighted by molar-refractivity contribution is 7.96. The van der Waals surface area contributed by atoms with Crippen molar-refractivity contribution in [1.29, 1.82) is 0 Å². The molecule has 0 fully saturated rings. The lowest BCUT2D eigenvalue weighted by atomic mass is 10.1. The predicted octanol–water partition coefficient (Wildman–Crippen LogP) is 2.73. The van der Waals surface area contributed by atoms with Crippen molar-refractivity contribution in [2.75, 3.05) is 30.5 Å². The van der Waals surface area contributed by atoms with Gasteiger partial charge in [-0.25, -0.2) is 0 Å². The van der Waals surface area contributed by atoms with Gasteiger partial charge in [0.15, 0.2) is 0 Å². The number of rotatable bonds is 13. The van der Waals surface area contributed by atoms with Crippen LogP contribution in [0.2, 0.25) is 0 Å². The molecule has 0 aromatic rings. The quantitative estimate of drug-likeness (QED) is 0.396. The summed E-state index contributed by atoms with van der Waals surface area (Å²) in [4.78, 5) is 0. The van der Waals surface area contributed by atoms with Gasteiger partial charge in [0.1, 0.15) is 17.3 Å². The van der Waals surface area contributed by atoms with Gasteiger partial charge in [-0.05, 0) is 23.7 Å². The van der Waals surface area contributed by atoms with Crippen LogP contribution in [0.1, 0.15) is 58.3 Å². The van der Waals surface area contributed by atoms with E-state index in [4.69, 9.17) is 10.2 Å². The van der Waals surface area contributed by atoms with Crippen molar-refractivity contribution in [2.45, 2.75) is 58.3 Å². The molecule has 3 heteroatoms. The average Bonchev–Trinajstić information content (AvgIpc) is 2.33. The molecule has 0 saturated heterocycles. The van der Waals surface area contributed by atoms with Gasteiger partial charge < -0.3 is 10.2 Å². The third kappa shape index (κ3) is 12.5.